The molecule has 1 N–H and O–H groups in total. The summed E-state index contributed by atoms with van der Waals surface area (Å²) in [4.78, 5) is 11.9. The van der Waals surface area contributed by atoms with E-state index in [0.717, 1.165) is 23.6 Å². The zero-order chi connectivity index (χ0) is 19.0. The summed E-state index contributed by atoms with van der Waals surface area (Å²) >= 11 is 0. The Labute approximate surface area is 151 Å². The van der Waals surface area contributed by atoms with Crippen LogP contribution < -0.4 is 5.32 Å². The summed E-state index contributed by atoms with van der Waals surface area (Å²) in [5.74, 6) is 0.332. The van der Waals surface area contributed by atoms with Gasteiger partial charge in [-0.2, -0.15) is 18.2 Å². The van der Waals surface area contributed by atoms with Crippen molar-refractivity contribution in [2.45, 2.75) is 13.1 Å². The molecular formula is C18H13F3N6. The largest absolute Gasteiger partial charge is 0.433 e. The van der Waals surface area contributed by atoms with Gasteiger partial charge < -0.3 is 5.32 Å². The number of hydrogen-bond donors (Lipinski definition) is 1. The van der Waals surface area contributed by atoms with Crippen LogP contribution in [-0.2, 0) is 6.18 Å². The van der Waals surface area contributed by atoms with E-state index in [1.165, 1.54) is 10.6 Å². The summed E-state index contributed by atoms with van der Waals surface area (Å²) in [5, 5.41) is 7.45. The van der Waals surface area contributed by atoms with Crippen LogP contribution in [-0.4, -0.2) is 24.6 Å². The Morgan fingerprint density at radius 1 is 1.00 bits per heavy atom. The molecule has 0 radical (unpaired) electrons. The lowest BCUT2D eigenvalue weighted by molar-refractivity contribution is -0.141. The van der Waals surface area contributed by atoms with Gasteiger partial charge in [0.25, 0.3) is 0 Å². The number of fused-ring (bicyclic) bond motifs is 1. The van der Waals surface area contributed by atoms with E-state index in [9.17, 15) is 13.2 Å². The lowest BCUT2D eigenvalue weighted by Crippen LogP contribution is -2.08. The van der Waals surface area contributed by atoms with Gasteiger partial charge in [0.1, 0.15) is 5.69 Å². The SMILES string of the molecule is Cc1cc(Nc2nc3cccc(-c4ccnc(C(F)(F)F)c4)n3n2)ccn1. The van der Waals surface area contributed by atoms with Crippen molar-refractivity contribution in [3.05, 3.63) is 66.2 Å². The van der Waals surface area contributed by atoms with E-state index in [0.29, 0.717) is 22.9 Å². The molecule has 0 aromatic carbocycles. The number of nitrogens with one attached hydrogen (secondary N) is 1. The van der Waals surface area contributed by atoms with Crippen LogP contribution in [0.2, 0.25) is 0 Å². The van der Waals surface area contributed by atoms with E-state index in [1.54, 1.807) is 30.5 Å². The Kier molecular flexibility index (Phi) is 3.98. The number of aromatic nitrogens is 5. The first-order valence-electron chi connectivity index (χ1n) is 7.99. The second-order valence-corrected chi connectivity index (χ2v) is 5.85. The topological polar surface area (TPSA) is 68.0 Å². The highest BCUT2D eigenvalue weighted by molar-refractivity contribution is 5.65. The molecule has 0 fully saturated rings. The summed E-state index contributed by atoms with van der Waals surface area (Å²) < 4.78 is 40.4. The Balaban J connectivity index is 1.76. The number of aryl methyl sites for hydroxylation is 1. The molecule has 27 heavy (non-hydrogen) atoms. The smallest absolute Gasteiger partial charge is 0.323 e. The number of alkyl halides is 3. The molecule has 0 spiro atoms. The van der Waals surface area contributed by atoms with Crippen LogP contribution in [0.4, 0.5) is 24.8 Å². The maximum absolute atomic E-state index is 13.0. The molecule has 0 atom stereocenters. The molecule has 0 aliphatic carbocycles. The van der Waals surface area contributed by atoms with Crippen LogP contribution in [0.15, 0.2) is 54.9 Å². The summed E-state index contributed by atoms with van der Waals surface area (Å²) in [6.45, 7) is 1.86. The van der Waals surface area contributed by atoms with Gasteiger partial charge in [-0.3, -0.25) is 9.97 Å². The number of pyridine rings is 3. The summed E-state index contributed by atoms with van der Waals surface area (Å²) in [7, 11) is 0. The lowest BCUT2D eigenvalue weighted by Gasteiger charge is -2.08. The van der Waals surface area contributed by atoms with Crippen molar-refractivity contribution < 1.29 is 13.2 Å². The first-order chi connectivity index (χ1) is 12.9. The molecule has 136 valence electrons. The third-order valence-corrected chi connectivity index (χ3v) is 3.86. The fourth-order valence-corrected chi connectivity index (χ4v) is 2.67. The van der Waals surface area contributed by atoms with Crippen molar-refractivity contribution in [2.75, 3.05) is 5.32 Å². The van der Waals surface area contributed by atoms with Gasteiger partial charge >= 0.3 is 6.18 Å². The Bertz CT molecular complexity index is 1120. The molecule has 0 aliphatic heterocycles. The van der Waals surface area contributed by atoms with E-state index in [4.69, 9.17) is 0 Å². The van der Waals surface area contributed by atoms with Crippen LogP contribution >= 0.6 is 0 Å². The number of hydrogen-bond acceptors (Lipinski definition) is 5. The second kappa shape index (κ2) is 6.35. The maximum atomic E-state index is 13.0. The van der Waals surface area contributed by atoms with Gasteiger partial charge in [-0.1, -0.05) is 6.07 Å². The standard InChI is InChI=1S/C18H13F3N6/c1-11-9-13(6-8-22-11)24-17-25-16-4-2-3-14(27(16)26-17)12-5-7-23-15(10-12)18(19,20)21/h2-10H,1H3,(H,22,24,26). The average Bonchev–Trinajstić information content (AvgIpc) is 3.03. The Morgan fingerprint density at radius 2 is 1.81 bits per heavy atom. The van der Waals surface area contributed by atoms with Gasteiger partial charge in [-0.05, 0) is 43.3 Å². The highest BCUT2D eigenvalue weighted by Crippen LogP contribution is 2.30. The fraction of sp³-hybridized carbons (Fsp3) is 0.111. The van der Waals surface area contributed by atoms with Crippen LogP contribution in [0, 0.1) is 6.92 Å². The van der Waals surface area contributed by atoms with Crippen LogP contribution in [0.3, 0.4) is 0 Å². The monoisotopic (exact) mass is 370 g/mol. The molecule has 4 rings (SSSR count). The third kappa shape index (κ3) is 3.43. The van der Waals surface area contributed by atoms with Gasteiger partial charge in [-0.15, -0.1) is 5.10 Å². The van der Waals surface area contributed by atoms with E-state index >= 15 is 0 Å². The minimum absolute atomic E-state index is 0.332. The predicted molar refractivity (Wildman–Crippen MR) is 93.5 cm³/mol. The molecule has 4 aromatic heterocycles. The first-order valence-corrected chi connectivity index (χ1v) is 7.99. The minimum Gasteiger partial charge on any atom is -0.323 e. The molecule has 9 heteroatoms. The quantitative estimate of drug-likeness (QED) is 0.584. The summed E-state index contributed by atoms with van der Waals surface area (Å²) in [6, 6.07) is 11.2. The van der Waals surface area contributed by atoms with Crippen LogP contribution in [0.25, 0.3) is 16.9 Å². The van der Waals surface area contributed by atoms with Crippen molar-refractivity contribution >= 4 is 17.3 Å². The average molecular weight is 370 g/mol. The molecule has 0 bridgehead atoms. The zero-order valence-corrected chi connectivity index (χ0v) is 14.1. The Hall–Kier alpha value is -3.49. The number of anilines is 2. The molecule has 0 saturated heterocycles. The first kappa shape index (κ1) is 17.0. The van der Waals surface area contributed by atoms with E-state index in [-0.39, 0.29) is 0 Å². The van der Waals surface area contributed by atoms with E-state index in [1.807, 2.05) is 13.0 Å². The highest BCUT2D eigenvalue weighted by atomic mass is 19.4. The van der Waals surface area contributed by atoms with Crippen LogP contribution in [0.5, 0.6) is 0 Å². The van der Waals surface area contributed by atoms with Crippen molar-refractivity contribution in [3.8, 4) is 11.3 Å². The van der Waals surface area contributed by atoms with Crippen molar-refractivity contribution in [3.63, 3.8) is 0 Å². The van der Waals surface area contributed by atoms with E-state index in [2.05, 4.69) is 25.4 Å². The molecular weight excluding hydrogens is 357 g/mol. The molecule has 0 saturated carbocycles. The molecule has 0 aliphatic rings. The molecule has 0 amide bonds. The predicted octanol–water partition coefficient (Wildman–Crippen LogP) is 4.26. The van der Waals surface area contributed by atoms with Gasteiger partial charge in [-0.25, -0.2) is 4.52 Å². The molecule has 6 nitrogen and oxygen atoms in total. The molecule has 0 unspecified atom stereocenters. The van der Waals surface area contributed by atoms with Crippen molar-refractivity contribution in [2.24, 2.45) is 0 Å². The summed E-state index contributed by atoms with van der Waals surface area (Å²) in [5.41, 5.74) is 1.98. The van der Waals surface area contributed by atoms with Crippen LogP contribution in [0.1, 0.15) is 11.4 Å². The highest BCUT2D eigenvalue weighted by Gasteiger charge is 2.32. The van der Waals surface area contributed by atoms with Crippen molar-refractivity contribution in [1.82, 2.24) is 24.6 Å². The van der Waals surface area contributed by atoms with E-state index < -0.39 is 11.9 Å². The normalized spacial score (nSPS) is 11.7. The van der Waals surface area contributed by atoms with Gasteiger partial charge in [0, 0.05) is 29.3 Å². The summed E-state index contributed by atoms with van der Waals surface area (Å²) in [6.07, 6.45) is -1.72. The number of rotatable bonds is 3. The third-order valence-electron chi connectivity index (χ3n) is 3.86. The number of halogens is 3. The Morgan fingerprint density at radius 3 is 2.59 bits per heavy atom. The van der Waals surface area contributed by atoms with Gasteiger partial charge in [0.2, 0.25) is 5.95 Å². The number of nitrogens with zero attached hydrogens (tertiary/aromatic N) is 5. The minimum atomic E-state index is -4.52. The van der Waals surface area contributed by atoms with Crippen molar-refractivity contribution in [1.29, 1.82) is 0 Å². The van der Waals surface area contributed by atoms with Gasteiger partial charge in [0.05, 0.1) is 5.69 Å². The fourth-order valence-electron chi connectivity index (χ4n) is 2.67. The molecule has 4 heterocycles. The lowest BCUT2D eigenvalue weighted by atomic mass is 10.1. The maximum Gasteiger partial charge on any atom is 0.433 e. The van der Waals surface area contributed by atoms with Gasteiger partial charge in [0.15, 0.2) is 5.65 Å². The zero-order valence-electron chi connectivity index (χ0n) is 14.1. The molecule has 4 aromatic rings. The second-order valence-electron chi connectivity index (χ2n) is 5.85.